The van der Waals surface area contributed by atoms with Crippen molar-refractivity contribution in [3.63, 3.8) is 0 Å². The molecule has 0 aliphatic rings. The molecule has 100 valence electrons. The highest BCUT2D eigenvalue weighted by molar-refractivity contribution is 7.80. The molecular weight excluding hydrogens is 273 g/mol. The Labute approximate surface area is 122 Å². The van der Waals surface area contributed by atoms with Crippen LogP contribution in [0.15, 0.2) is 42.5 Å². The average Bonchev–Trinajstić information content (AvgIpc) is 2.43. The van der Waals surface area contributed by atoms with Crippen LogP contribution in [0.3, 0.4) is 0 Å². The zero-order valence-corrected chi connectivity index (χ0v) is 11.6. The maximum absolute atomic E-state index is 13.0. The molecule has 0 spiro atoms. The van der Waals surface area contributed by atoms with Crippen LogP contribution in [0.1, 0.15) is 11.1 Å². The molecule has 2 N–H and O–H groups in total. The number of aryl methyl sites for hydroxylation is 1. The molecular formula is C15H12FN3S. The summed E-state index contributed by atoms with van der Waals surface area (Å²) >= 11 is 5.19. The van der Waals surface area contributed by atoms with E-state index in [1.54, 1.807) is 37.3 Å². The maximum Gasteiger partial charge on any atom is 0.175 e. The van der Waals surface area contributed by atoms with Gasteiger partial charge in [-0.15, -0.1) is 0 Å². The summed E-state index contributed by atoms with van der Waals surface area (Å²) in [7, 11) is 0. The zero-order chi connectivity index (χ0) is 14.5. The minimum absolute atomic E-state index is 0.279. The summed E-state index contributed by atoms with van der Waals surface area (Å²) in [4.78, 5) is 0. The second-order valence-corrected chi connectivity index (χ2v) is 4.64. The lowest BCUT2D eigenvalue weighted by molar-refractivity contribution is 0.627. The lowest BCUT2D eigenvalue weighted by Crippen LogP contribution is -2.19. The van der Waals surface area contributed by atoms with Crippen molar-refractivity contribution in [3.8, 4) is 6.07 Å². The molecule has 0 saturated heterocycles. The van der Waals surface area contributed by atoms with Gasteiger partial charge in [-0.3, -0.25) is 0 Å². The number of nitriles is 1. The molecule has 0 fully saturated rings. The molecule has 2 aromatic carbocycles. The highest BCUT2D eigenvalue weighted by atomic mass is 32.1. The minimum atomic E-state index is -0.279. The average molecular weight is 285 g/mol. The molecule has 0 saturated carbocycles. The Morgan fingerprint density at radius 2 is 1.85 bits per heavy atom. The molecule has 0 aliphatic carbocycles. The third-order valence-electron chi connectivity index (χ3n) is 2.71. The first kappa shape index (κ1) is 14.0. The summed E-state index contributed by atoms with van der Waals surface area (Å²) in [5, 5.41) is 15.1. The molecule has 5 heteroatoms. The Morgan fingerprint density at radius 1 is 1.15 bits per heavy atom. The Hall–Kier alpha value is -2.45. The van der Waals surface area contributed by atoms with Crippen LogP contribution >= 0.6 is 12.2 Å². The molecule has 0 aliphatic heterocycles. The third kappa shape index (κ3) is 3.53. The van der Waals surface area contributed by atoms with Crippen molar-refractivity contribution in [2.45, 2.75) is 6.92 Å². The Morgan fingerprint density at radius 3 is 2.45 bits per heavy atom. The molecule has 0 bridgehead atoms. The number of hydrogen-bond acceptors (Lipinski definition) is 2. The summed E-state index contributed by atoms with van der Waals surface area (Å²) < 4.78 is 13.0. The van der Waals surface area contributed by atoms with Gasteiger partial charge in [0.1, 0.15) is 5.82 Å². The van der Waals surface area contributed by atoms with Crippen LogP contribution in [0.4, 0.5) is 15.8 Å². The van der Waals surface area contributed by atoms with Crippen molar-refractivity contribution in [3.05, 3.63) is 59.4 Å². The van der Waals surface area contributed by atoms with E-state index in [0.717, 1.165) is 16.9 Å². The molecule has 0 atom stereocenters. The second kappa shape index (κ2) is 6.13. The molecule has 0 aromatic heterocycles. The number of halogens is 1. The van der Waals surface area contributed by atoms with Gasteiger partial charge in [-0.2, -0.15) is 5.26 Å². The second-order valence-electron chi connectivity index (χ2n) is 4.23. The van der Waals surface area contributed by atoms with Gasteiger partial charge in [0.2, 0.25) is 0 Å². The molecule has 0 amide bonds. The SMILES string of the molecule is Cc1cc(F)ccc1NC(=S)Nc1ccc(C#N)cc1. The van der Waals surface area contributed by atoms with Crippen LogP contribution in [0.25, 0.3) is 0 Å². The number of anilines is 2. The Balaban J connectivity index is 2.03. The number of benzene rings is 2. The molecule has 3 nitrogen and oxygen atoms in total. The van der Waals surface area contributed by atoms with Crippen molar-refractivity contribution >= 4 is 28.7 Å². The van der Waals surface area contributed by atoms with E-state index in [0.29, 0.717) is 10.7 Å². The number of nitrogens with one attached hydrogen (secondary N) is 2. The summed E-state index contributed by atoms with van der Waals surface area (Å²) in [6, 6.07) is 13.4. The predicted molar refractivity (Wildman–Crippen MR) is 82.1 cm³/mol. The van der Waals surface area contributed by atoms with Crippen molar-refractivity contribution < 1.29 is 4.39 Å². The van der Waals surface area contributed by atoms with Gasteiger partial charge in [0, 0.05) is 11.4 Å². The van der Waals surface area contributed by atoms with Crippen LogP contribution in [0.2, 0.25) is 0 Å². The van der Waals surface area contributed by atoms with Gasteiger partial charge in [-0.25, -0.2) is 4.39 Å². The lowest BCUT2D eigenvalue weighted by Gasteiger charge is -2.12. The number of nitrogens with zero attached hydrogens (tertiary/aromatic N) is 1. The largest absolute Gasteiger partial charge is 0.332 e. The van der Waals surface area contributed by atoms with E-state index in [9.17, 15) is 4.39 Å². The van der Waals surface area contributed by atoms with E-state index in [1.165, 1.54) is 12.1 Å². The highest BCUT2D eigenvalue weighted by Gasteiger charge is 2.03. The van der Waals surface area contributed by atoms with Crippen molar-refractivity contribution in [1.29, 1.82) is 5.26 Å². The van der Waals surface area contributed by atoms with Gasteiger partial charge in [0.15, 0.2) is 5.11 Å². The highest BCUT2D eigenvalue weighted by Crippen LogP contribution is 2.16. The summed E-state index contributed by atoms with van der Waals surface area (Å²) in [5.41, 5.74) is 2.89. The smallest absolute Gasteiger partial charge is 0.175 e. The van der Waals surface area contributed by atoms with Crippen LogP contribution in [0, 0.1) is 24.1 Å². The topological polar surface area (TPSA) is 47.8 Å². The Bertz CT molecular complexity index is 675. The maximum atomic E-state index is 13.0. The summed E-state index contributed by atoms with van der Waals surface area (Å²) in [6.07, 6.45) is 0. The van der Waals surface area contributed by atoms with Crippen molar-refractivity contribution in [2.75, 3.05) is 10.6 Å². The van der Waals surface area contributed by atoms with E-state index >= 15 is 0 Å². The van der Waals surface area contributed by atoms with E-state index in [2.05, 4.69) is 10.6 Å². The van der Waals surface area contributed by atoms with E-state index in [4.69, 9.17) is 17.5 Å². The lowest BCUT2D eigenvalue weighted by atomic mass is 10.2. The normalized spacial score (nSPS) is 9.65. The quantitative estimate of drug-likeness (QED) is 0.824. The monoisotopic (exact) mass is 285 g/mol. The number of hydrogen-bond donors (Lipinski definition) is 2. The third-order valence-corrected chi connectivity index (χ3v) is 2.91. The van der Waals surface area contributed by atoms with Crippen LogP contribution in [-0.2, 0) is 0 Å². The first-order chi connectivity index (χ1) is 9.58. The van der Waals surface area contributed by atoms with E-state index < -0.39 is 0 Å². The first-order valence-corrected chi connectivity index (χ1v) is 6.33. The van der Waals surface area contributed by atoms with Gasteiger partial charge in [0.25, 0.3) is 0 Å². The molecule has 2 rings (SSSR count). The molecule has 20 heavy (non-hydrogen) atoms. The van der Waals surface area contributed by atoms with Gasteiger partial charge in [-0.1, -0.05) is 0 Å². The van der Waals surface area contributed by atoms with Gasteiger partial charge >= 0.3 is 0 Å². The first-order valence-electron chi connectivity index (χ1n) is 5.93. The van der Waals surface area contributed by atoms with E-state index in [1.807, 2.05) is 6.07 Å². The molecule has 0 heterocycles. The predicted octanol–water partition coefficient (Wildman–Crippen LogP) is 3.81. The van der Waals surface area contributed by atoms with Gasteiger partial charge in [0.05, 0.1) is 11.6 Å². The minimum Gasteiger partial charge on any atom is -0.332 e. The standard InChI is InChI=1S/C15H12FN3S/c1-10-8-12(16)4-7-14(10)19-15(20)18-13-5-2-11(9-17)3-6-13/h2-8H,1H3,(H2,18,19,20). The van der Waals surface area contributed by atoms with Crippen LogP contribution < -0.4 is 10.6 Å². The zero-order valence-electron chi connectivity index (χ0n) is 10.8. The van der Waals surface area contributed by atoms with E-state index in [-0.39, 0.29) is 5.82 Å². The summed E-state index contributed by atoms with van der Waals surface area (Å²) in [6.45, 7) is 1.80. The fourth-order valence-corrected chi connectivity index (χ4v) is 1.91. The fraction of sp³-hybridized carbons (Fsp3) is 0.0667. The fourth-order valence-electron chi connectivity index (χ4n) is 1.68. The van der Waals surface area contributed by atoms with Gasteiger partial charge in [-0.05, 0) is 67.2 Å². The van der Waals surface area contributed by atoms with Crippen molar-refractivity contribution in [2.24, 2.45) is 0 Å². The number of rotatable bonds is 2. The van der Waals surface area contributed by atoms with Gasteiger partial charge < -0.3 is 10.6 Å². The molecule has 0 radical (unpaired) electrons. The molecule has 2 aromatic rings. The molecule has 0 unspecified atom stereocenters. The van der Waals surface area contributed by atoms with Crippen molar-refractivity contribution in [1.82, 2.24) is 0 Å². The van der Waals surface area contributed by atoms with Crippen LogP contribution in [0.5, 0.6) is 0 Å². The summed E-state index contributed by atoms with van der Waals surface area (Å²) in [5.74, 6) is -0.279. The Kier molecular flexibility index (Phi) is 4.28. The van der Waals surface area contributed by atoms with Crippen LogP contribution in [-0.4, -0.2) is 5.11 Å². The number of thiocarbonyl (C=S) groups is 1.